The van der Waals surface area contributed by atoms with Crippen molar-refractivity contribution < 1.29 is 0 Å². The van der Waals surface area contributed by atoms with E-state index in [9.17, 15) is 0 Å². The van der Waals surface area contributed by atoms with Crippen LogP contribution in [0.5, 0.6) is 0 Å². The van der Waals surface area contributed by atoms with Crippen LogP contribution in [0.15, 0.2) is 18.3 Å². The van der Waals surface area contributed by atoms with Crippen LogP contribution >= 0.6 is 11.6 Å². The van der Waals surface area contributed by atoms with Crippen molar-refractivity contribution in [1.29, 1.82) is 0 Å². The van der Waals surface area contributed by atoms with Gasteiger partial charge in [-0.05, 0) is 45.4 Å². The molecule has 2 rings (SSSR count). The largest absolute Gasteiger partial charge is 0.292 e. The van der Waals surface area contributed by atoms with E-state index in [1.165, 1.54) is 19.4 Å². The first-order chi connectivity index (χ1) is 7.08. The third kappa shape index (κ3) is 2.50. The van der Waals surface area contributed by atoms with E-state index in [0.29, 0.717) is 5.54 Å². The van der Waals surface area contributed by atoms with Crippen molar-refractivity contribution in [3.63, 3.8) is 0 Å². The summed E-state index contributed by atoms with van der Waals surface area (Å²) in [6, 6.07) is 3.77. The average molecular weight is 225 g/mol. The summed E-state index contributed by atoms with van der Waals surface area (Å²) >= 11 is 5.94. The Morgan fingerprint density at radius 1 is 1.53 bits per heavy atom. The molecular formula is C12H17ClN2. The second-order valence-corrected chi connectivity index (χ2v) is 5.24. The Hall–Kier alpha value is -0.600. The minimum atomic E-state index is 0.310. The molecule has 0 unspecified atom stereocenters. The lowest BCUT2D eigenvalue weighted by Gasteiger charge is -2.31. The van der Waals surface area contributed by atoms with Crippen molar-refractivity contribution in [2.45, 2.75) is 38.8 Å². The Morgan fingerprint density at radius 3 is 2.93 bits per heavy atom. The van der Waals surface area contributed by atoms with Gasteiger partial charge in [-0.1, -0.05) is 11.6 Å². The summed E-state index contributed by atoms with van der Waals surface area (Å²) in [5.41, 5.74) is 1.38. The Bertz CT molecular complexity index is 349. The van der Waals surface area contributed by atoms with Gasteiger partial charge in [-0.25, -0.2) is 0 Å². The number of pyridine rings is 1. The fourth-order valence-corrected chi connectivity index (χ4v) is 2.37. The summed E-state index contributed by atoms with van der Waals surface area (Å²) in [6.45, 7) is 6.67. The van der Waals surface area contributed by atoms with Gasteiger partial charge >= 0.3 is 0 Å². The smallest absolute Gasteiger partial charge is 0.0558 e. The fraction of sp³-hybridized carbons (Fsp3) is 0.583. The van der Waals surface area contributed by atoms with Crippen molar-refractivity contribution >= 4 is 11.6 Å². The first-order valence-electron chi connectivity index (χ1n) is 5.43. The standard InChI is InChI=1S/C12H17ClN2/c1-12(2)5-3-7-15(12)9-11-8-10(13)4-6-14-11/h4,6,8H,3,5,7,9H2,1-2H3. The summed E-state index contributed by atoms with van der Waals surface area (Å²) in [5.74, 6) is 0. The maximum atomic E-state index is 5.94. The molecule has 1 aliphatic heterocycles. The molecule has 15 heavy (non-hydrogen) atoms. The third-order valence-electron chi connectivity index (χ3n) is 3.20. The maximum absolute atomic E-state index is 5.94. The number of likely N-dealkylation sites (tertiary alicyclic amines) is 1. The molecule has 1 saturated heterocycles. The normalized spacial score (nSPS) is 20.7. The van der Waals surface area contributed by atoms with Crippen LogP contribution in [0.2, 0.25) is 5.02 Å². The van der Waals surface area contributed by atoms with E-state index >= 15 is 0 Å². The van der Waals surface area contributed by atoms with Crippen LogP contribution in [-0.2, 0) is 6.54 Å². The quantitative estimate of drug-likeness (QED) is 0.768. The fourth-order valence-electron chi connectivity index (χ4n) is 2.19. The molecule has 3 heteroatoms. The van der Waals surface area contributed by atoms with E-state index < -0.39 is 0 Å². The molecule has 0 N–H and O–H groups in total. The predicted molar refractivity (Wildman–Crippen MR) is 63.0 cm³/mol. The van der Waals surface area contributed by atoms with Crippen molar-refractivity contribution in [1.82, 2.24) is 9.88 Å². The zero-order valence-electron chi connectivity index (χ0n) is 9.33. The second-order valence-electron chi connectivity index (χ2n) is 4.80. The molecular weight excluding hydrogens is 208 g/mol. The topological polar surface area (TPSA) is 16.1 Å². The van der Waals surface area contributed by atoms with Gasteiger partial charge in [-0.2, -0.15) is 0 Å². The zero-order valence-corrected chi connectivity index (χ0v) is 10.1. The van der Waals surface area contributed by atoms with Gasteiger partial charge in [0.05, 0.1) is 5.69 Å². The van der Waals surface area contributed by atoms with E-state index in [1.54, 1.807) is 6.20 Å². The highest BCUT2D eigenvalue weighted by molar-refractivity contribution is 6.30. The highest BCUT2D eigenvalue weighted by Crippen LogP contribution is 2.29. The molecule has 2 nitrogen and oxygen atoms in total. The molecule has 1 aromatic heterocycles. The minimum absolute atomic E-state index is 0.310. The number of halogens is 1. The van der Waals surface area contributed by atoms with Crippen molar-refractivity contribution in [3.05, 3.63) is 29.0 Å². The van der Waals surface area contributed by atoms with Gasteiger partial charge in [0.15, 0.2) is 0 Å². The lowest BCUT2D eigenvalue weighted by molar-refractivity contribution is 0.164. The summed E-state index contributed by atoms with van der Waals surface area (Å²) in [6.07, 6.45) is 4.34. The van der Waals surface area contributed by atoms with Gasteiger partial charge < -0.3 is 0 Å². The number of nitrogens with zero attached hydrogens (tertiary/aromatic N) is 2. The van der Waals surface area contributed by atoms with Crippen molar-refractivity contribution in [3.8, 4) is 0 Å². The summed E-state index contributed by atoms with van der Waals surface area (Å²) in [5, 5.41) is 0.775. The molecule has 1 aliphatic rings. The van der Waals surface area contributed by atoms with Crippen LogP contribution in [0.1, 0.15) is 32.4 Å². The van der Waals surface area contributed by atoms with Crippen LogP contribution in [0.4, 0.5) is 0 Å². The number of aromatic nitrogens is 1. The molecule has 0 saturated carbocycles. The van der Waals surface area contributed by atoms with Gasteiger partial charge in [0.25, 0.3) is 0 Å². The molecule has 0 atom stereocenters. The first-order valence-corrected chi connectivity index (χ1v) is 5.81. The molecule has 0 radical (unpaired) electrons. The molecule has 1 fully saturated rings. The summed E-state index contributed by atoms with van der Waals surface area (Å²) in [4.78, 5) is 6.82. The lowest BCUT2D eigenvalue weighted by atomic mass is 10.0. The summed E-state index contributed by atoms with van der Waals surface area (Å²) in [7, 11) is 0. The molecule has 0 bridgehead atoms. The van der Waals surface area contributed by atoms with Gasteiger partial charge in [0, 0.05) is 23.3 Å². The third-order valence-corrected chi connectivity index (χ3v) is 3.44. The van der Waals surface area contributed by atoms with Gasteiger partial charge in [0.1, 0.15) is 0 Å². The number of hydrogen-bond donors (Lipinski definition) is 0. The second kappa shape index (κ2) is 4.11. The van der Waals surface area contributed by atoms with Crippen LogP contribution in [-0.4, -0.2) is 22.0 Å². The molecule has 0 aliphatic carbocycles. The van der Waals surface area contributed by atoms with Crippen LogP contribution in [0.25, 0.3) is 0 Å². The van der Waals surface area contributed by atoms with E-state index in [4.69, 9.17) is 11.6 Å². The van der Waals surface area contributed by atoms with Gasteiger partial charge in [0.2, 0.25) is 0 Å². The number of rotatable bonds is 2. The van der Waals surface area contributed by atoms with E-state index in [2.05, 4.69) is 23.7 Å². The molecule has 82 valence electrons. The van der Waals surface area contributed by atoms with Gasteiger partial charge in [-0.3, -0.25) is 9.88 Å². The molecule has 0 spiro atoms. The predicted octanol–water partition coefficient (Wildman–Crippen LogP) is 3.11. The van der Waals surface area contributed by atoms with Crippen molar-refractivity contribution in [2.24, 2.45) is 0 Å². The summed E-state index contributed by atoms with van der Waals surface area (Å²) < 4.78 is 0. The molecule has 1 aromatic rings. The Balaban J connectivity index is 2.09. The van der Waals surface area contributed by atoms with Crippen molar-refractivity contribution in [2.75, 3.05) is 6.54 Å². The lowest BCUT2D eigenvalue weighted by Crippen LogP contribution is -2.37. The monoisotopic (exact) mass is 224 g/mol. The zero-order chi connectivity index (χ0) is 10.9. The van der Waals surface area contributed by atoms with E-state index in [-0.39, 0.29) is 0 Å². The minimum Gasteiger partial charge on any atom is -0.292 e. The van der Waals surface area contributed by atoms with Crippen LogP contribution in [0.3, 0.4) is 0 Å². The molecule has 0 aromatic carbocycles. The van der Waals surface area contributed by atoms with Gasteiger partial charge in [-0.15, -0.1) is 0 Å². The Labute approximate surface area is 96.3 Å². The van der Waals surface area contributed by atoms with E-state index in [0.717, 1.165) is 17.3 Å². The average Bonchev–Trinajstić information content (AvgIpc) is 2.46. The van der Waals surface area contributed by atoms with Crippen LogP contribution in [0, 0.1) is 0 Å². The SMILES string of the molecule is CC1(C)CCCN1Cc1cc(Cl)ccn1. The highest BCUT2D eigenvalue weighted by Gasteiger charge is 2.31. The Kier molecular flexibility index (Phi) is 2.98. The van der Waals surface area contributed by atoms with E-state index in [1.807, 2.05) is 12.1 Å². The first kappa shape index (κ1) is 10.9. The van der Waals surface area contributed by atoms with Crippen LogP contribution < -0.4 is 0 Å². The maximum Gasteiger partial charge on any atom is 0.0558 e. The molecule has 2 heterocycles. The highest BCUT2D eigenvalue weighted by atomic mass is 35.5. The Morgan fingerprint density at radius 2 is 2.33 bits per heavy atom. The number of hydrogen-bond acceptors (Lipinski definition) is 2. The molecule has 0 amide bonds.